The van der Waals surface area contributed by atoms with Crippen LogP contribution in [0.15, 0.2) is 0 Å². The van der Waals surface area contributed by atoms with Crippen LogP contribution >= 0.6 is 0 Å². The molecule has 0 unspecified atom stereocenters. The fraction of sp³-hybridized carbons (Fsp3) is 0.895. The van der Waals surface area contributed by atoms with Crippen molar-refractivity contribution in [3.8, 4) is 0 Å². The summed E-state index contributed by atoms with van der Waals surface area (Å²) >= 11 is 0. The monoisotopic (exact) mass is 349 g/mol. The van der Waals surface area contributed by atoms with Gasteiger partial charge in [-0.05, 0) is 58.5 Å². The first kappa shape index (κ1) is 18.8. The number of ether oxygens (including phenoxy) is 1. The maximum atomic E-state index is 6.26. The molecule has 6 heteroatoms. The Hall–Kier alpha value is -0.980. The van der Waals surface area contributed by atoms with Crippen molar-refractivity contribution in [2.45, 2.75) is 71.1 Å². The van der Waals surface area contributed by atoms with Gasteiger partial charge in [-0.15, -0.1) is 5.10 Å². The van der Waals surface area contributed by atoms with E-state index in [9.17, 15) is 0 Å². The molecule has 2 heterocycles. The Balaban J connectivity index is 1.64. The Morgan fingerprint density at radius 2 is 2.04 bits per heavy atom. The van der Waals surface area contributed by atoms with Crippen LogP contribution in [0.25, 0.3) is 0 Å². The number of hydrogen-bond acceptors (Lipinski definition) is 5. The van der Waals surface area contributed by atoms with E-state index >= 15 is 0 Å². The van der Waals surface area contributed by atoms with Crippen molar-refractivity contribution in [3.63, 3.8) is 0 Å². The van der Waals surface area contributed by atoms with Crippen LogP contribution in [0.3, 0.4) is 0 Å². The van der Waals surface area contributed by atoms with Crippen LogP contribution < -0.4 is 5.32 Å². The van der Waals surface area contributed by atoms with Gasteiger partial charge in [0.2, 0.25) is 0 Å². The van der Waals surface area contributed by atoms with Crippen LogP contribution in [0.2, 0.25) is 0 Å². The van der Waals surface area contributed by atoms with Crippen molar-refractivity contribution >= 4 is 0 Å². The van der Waals surface area contributed by atoms with Crippen molar-refractivity contribution in [1.29, 1.82) is 0 Å². The molecule has 1 aliphatic heterocycles. The van der Waals surface area contributed by atoms with E-state index in [1.165, 1.54) is 12.1 Å². The summed E-state index contributed by atoms with van der Waals surface area (Å²) in [5.41, 5.74) is 2.79. The highest BCUT2D eigenvalue weighted by Crippen LogP contribution is 2.48. The lowest BCUT2D eigenvalue weighted by atomic mass is 9.75. The molecule has 0 radical (unpaired) electrons. The quantitative estimate of drug-likeness (QED) is 0.855. The molecule has 1 N–H and O–H groups in total. The Morgan fingerprint density at radius 1 is 1.32 bits per heavy atom. The molecule has 25 heavy (non-hydrogen) atoms. The van der Waals surface area contributed by atoms with Gasteiger partial charge in [0, 0.05) is 19.6 Å². The van der Waals surface area contributed by atoms with Gasteiger partial charge in [0.05, 0.1) is 29.6 Å². The van der Waals surface area contributed by atoms with E-state index in [4.69, 9.17) is 4.74 Å². The van der Waals surface area contributed by atoms with E-state index in [2.05, 4.69) is 53.0 Å². The highest BCUT2D eigenvalue weighted by Gasteiger charge is 2.46. The van der Waals surface area contributed by atoms with Crippen molar-refractivity contribution in [1.82, 2.24) is 25.2 Å². The maximum absolute atomic E-state index is 6.26. The van der Waals surface area contributed by atoms with Crippen LogP contribution in [0.1, 0.15) is 63.4 Å². The van der Waals surface area contributed by atoms with Gasteiger partial charge in [0.1, 0.15) is 0 Å². The minimum absolute atomic E-state index is 0.124. The fourth-order valence-corrected chi connectivity index (χ4v) is 4.53. The van der Waals surface area contributed by atoms with E-state index < -0.39 is 0 Å². The summed E-state index contributed by atoms with van der Waals surface area (Å²) in [6.07, 6.45) is 5.78. The minimum Gasteiger partial charge on any atom is -0.374 e. The Morgan fingerprint density at radius 3 is 2.64 bits per heavy atom. The first-order chi connectivity index (χ1) is 11.8. The topological polar surface area (TPSA) is 55.2 Å². The number of nitrogens with one attached hydrogen (secondary N) is 1. The molecule has 2 aliphatic rings. The molecular formula is C19H35N5O. The zero-order chi connectivity index (χ0) is 18.1. The number of nitrogens with zero attached hydrogens (tertiary/aromatic N) is 4. The fourth-order valence-electron chi connectivity index (χ4n) is 4.53. The smallest absolute Gasteiger partial charge is 0.0841 e. The summed E-state index contributed by atoms with van der Waals surface area (Å²) in [6.45, 7) is 10.6. The first-order valence-corrected chi connectivity index (χ1v) is 9.72. The summed E-state index contributed by atoms with van der Waals surface area (Å²) in [7, 11) is 4.16. The molecular weight excluding hydrogens is 314 g/mol. The zero-order valence-electron chi connectivity index (χ0n) is 16.6. The lowest BCUT2D eigenvalue weighted by Crippen LogP contribution is -2.36. The van der Waals surface area contributed by atoms with Gasteiger partial charge in [-0.1, -0.05) is 19.1 Å². The van der Waals surface area contributed by atoms with E-state index in [1.807, 2.05) is 7.05 Å². The normalized spacial score (nSPS) is 29.0. The largest absolute Gasteiger partial charge is 0.374 e. The predicted molar refractivity (Wildman–Crippen MR) is 99.6 cm³/mol. The molecule has 0 amide bonds. The number of rotatable bonds is 6. The molecule has 0 aromatic carbocycles. The predicted octanol–water partition coefficient (Wildman–Crippen LogP) is 2.54. The van der Waals surface area contributed by atoms with Crippen LogP contribution in [0.5, 0.6) is 0 Å². The Labute approximate surface area is 152 Å². The van der Waals surface area contributed by atoms with Gasteiger partial charge in [0.15, 0.2) is 0 Å². The van der Waals surface area contributed by atoms with E-state index in [0.717, 1.165) is 57.6 Å². The molecule has 2 fully saturated rings. The molecule has 142 valence electrons. The van der Waals surface area contributed by atoms with Crippen molar-refractivity contribution in [3.05, 3.63) is 11.4 Å². The summed E-state index contributed by atoms with van der Waals surface area (Å²) < 4.78 is 8.47. The van der Waals surface area contributed by atoms with Crippen molar-refractivity contribution < 1.29 is 4.74 Å². The summed E-state index contributed by atoms with van der Waals surface area (Å²) in [5.74, 6) is 0. The molecule has 0 bridgehead atoms. The molecule has 1 saturated carbocycles. The Bertz CT molecular complexity index is 574. The van der Waals surface area contributed by atoms with Gasteiger partial charge in [0.25, 0.3) is 0 Å². The molecule has 1 spiro atoms. The third kappa shape index (κ3) is 4.23. The lowest BCUT2D eigenvalue weighted by Gasteiger charge is -2.37. The third-order valence-electron chi connectivity index (χ3n) is 5.93. The molecule has 1 saturated heterocycles. The average molecular weight is 350 g/mol. The van der Waals surface area contributed by atoms with Gasteiger partial charge in [-0.25, -0.2) is 4.68 Å². The van der Waals surface area contributed by atoms with Gasteiger partial charge in [-0.2, -0.15) is 0 Å². The second kappa shape index (κ2) is 7.33. The van der Waals surface area contributed by atoms with Crippen molar-refractivity contribution in [2.24, 2.45) is 5.41 Å². The number of likely N-dealkylation sites (N-methyl/N-ethyl adjacent to an activating group) is 2. The van der Waals surface area contributed by atoms with Gasteiger partial charge in [-0.3, -0.25) is 4.90 Å². The first-order valence-electron chi connectivity index (χ1n) is 9.72. The number of aromatic nitrogens is 3. The van der Waals surface area contributed by atoms with Crippen LogP contribution in [0, 0.1) is 12.3 Å². The molecule has 6 nitrogen and oxygen atoms in total. The second-order valence-electron chi connectivity index (χ2n) is 8.95. The summed E-state index contributed by atoms with van der Waals surface area (Å²) in [5, 5.41) is 12.1. The summed E-state index contributed by atoms with van der Waals surface area (Å²) in [6, 6.07) is 0.465. The van der Waals surface area contributed by atoms with Gasteiger partial charge >= 0.3 is 0 Å². The summed E-state index contributed by atoms with van der Waals surface area (Å²) in [4.78, 5) is 2.34. The van der Waals surface area contributed by atoms with Crippen LogP contribution in [0.4, 0.5) is 0 Å². The molecule has 3 rings (SSSR count). The molecule has 1 aliphatic carbocycles. The van der Waals surface area contributed by atoms with Crippen LogP contribution in [-0.4, -0.2) is 59.3 Å². The standard InChI is InChI=1S/C19H35N5O/c1-15-17(12-23(5)11-10-20-4)24(22-21-15)16-6-8-19(9-7-16)13-18(2,3)14-25-19/h16,20H,6-14H2,1-5H3/t16-,19+. The van der Waals surface area contributed by atoms with Crippen LogP contribution in [-0.2, 0) is 11.3 Å². The number of aryl methyl sites for hydroxylation is 1. The lowest BCUT2D eigenvalue weighted by molar-refractivity contribution is -0.0355. The Kier molecular flexibility index (Phi) is 5.51. The van der Waals surface area contributed by atoms with Crippen molar-refractivity contribution in [2.75, 3.05) is 33.8 Å². The second-order valence-corrected chi connectivity index (χ2v) is 8.95. The van der Waals surface area contributed by atoms with E-state index in [-0.39, 0.29) is 5.60 Å². The zero-order valence-corrected chi connectivity index (χ0v) is 16.6. The van der Waals surface area contributed by atoms with E-state index in [0.29, 0.717) is 11.5 Å². The molecule has 0 atom stereocenters. The highest BCUT2D eigenvalue weighted by atomic mass is 16.5. The average Bonchev–Trinajstić information content (AvgIpc) is 3.07. The molecule has 1 aromatic rings. The highest BCUT2D eigenvalue weighted by molar-refractivity contribution is 5.10. The van der Waals surface area contributed by atoms with E-state index in [1.54, 1.807) is 0 Å². The SMILES string of the molecule is CNCCN(C)Cc1c(C)nnn1[C@H]1CC[C@@]2(CC1)CC(C)(C)CO2. The third-order valence-corrected chi connectivity index (χ3v) is 5.93. The molecule has 1 aromatic heterocycles. The van der Waals surface area contributed by atoms with Gasteiger partial charge < -0.3 is 10.1 Å². The number of hydrogen-bond donors (Lipinski definition) is 1. The maximum Gasteiger partial charge on any atom is 0.0841 e. The minimum atomic E-state index is 0.124.